The van der Waals surface area contributed by atoms with E-state index in [4.69, 9.17) is 28.9 Å². The van der Waals surface area contributed by atoms with Gasteiger partial charge >= 0.3 is 0 Å². The quantitative estimate of drug-likeness (QED) is 0.568. The summed E-state index contributed by atoms with van der Waals surface area (Å²) in [6.45, 7) is 3.55. The summed E-state index contributed by atoms with van der Waals surface area (Å²) in [5.74, 6) is 0.215. The molecule has 1 unspecified atom stereocenters. The number of amides is 1. The van der Waals surface area contributed by atoms with Gasteiger partial charge in [0.15, 0.2) is 0 Å². The Morgan fingerprint density at radius 1 is 1.31 bits per heavy atom. The number of nitrogen functional groups attached to an aromatic ring is 1. The molecule has 3 rings (SSSR count). The van der Waals surface area contributed by atoms with Crippen molar-refractivity contribution < 1.29 is 13.2 Å². The Hall–Kier alpha value is -2.25. The number of hydrogen-bond donors (Lipinski definition) is 2. The van der Waals surface area contributed by atoms with Crippen LogP contribution in [-0.2, 0) is 21.4 Å². The van der Waals surface area contributed by atoms with Crippen LogP contribution in [0, 0.1) is 17.2 Å². The molecule has 0 saturated carbocycles. The third kappa shape index (κ3) is 5.56. The van der Waals surface area contributed by atoms with Crippen LogP contribution in [0.1, 0.15) is 31.9 Å². The van der Waals surface area contributed by atoms with Crippen LogP contribution in [0.4, 0.5) is 5.69 Å². The van der Waals surface area contributed by atoms with Gasteiger partial charge in [0.2, 0.25) is 15.9 Å². The van der Waals surface area contributed by atoms with Gasteiger partial charge in [-0.05, 0) is 49.4 Å². The Morgan fingerprint density at radius 3 is 2.66 bits per heavy atom. The summed E-state index contributed by atoms with van der Waals surface area (Å²) in [6.07, 6.45) is 3.60. The first kappa shape index (κ1) is 24.4. The molecule has 172 valence electrons. The fourth-order valence-electron chi connectivity index (χ4n) is 3.66. The van der Waals surface area contributed by atoms with E-state index in [1.165, 1.54) is 12.1 Å². The molecule has 11 heteroatoms. The first-order valence-corrected chi connectivity index (χ1v) is 12.5. The van der Waals surface area contributed by atoms with Gasteiger partial charge in [0, 0.05) is 25.8 Å². The monoisotopic (exact) mass is 497 g/mol. The minimum absolute atomic E-state index is 0.0497. The summed E-state index contributed by atoms with van der Waals surface area (Å²) in [5, 5.41) is 9.19. The zero-order valence-corrected chi connectivity index (χ0v) is 19.9. The van der Waals surface area contributed by atoms with Crippen molar-refractivity contribution in [1.82, 2.24) is 14.2 Å². The molecule has 2 aromatic rings. The highest BCUT2D eigenvalue weighted by molar-refractivity contribution is 7.89. The Bertz CT molecular complexity index is 1130. The van der Waals surface area contributed by atoms with E-state index in [1.807, 2.05) is 0 Å². The number of nitriles is 1. The van der Waals surface area contributed by atoms with E-state index >= 15 is 0 Å². The zero-order chi connectivity index (χ0) is 23.5. The van der Waals surface area contributed by atoms with E-state index < -0.39 is 16.1 Å². The Morgan fingerprint density at radius 2 is 2.00 bits per heavy atom. The molecule has 1 amide bonds. The molecule has 1 atom stereocenters. The number of benzene rings is 1. The van der Waals surface area contributed by atoms with Crippen LogP contribution < -0.4 is 10.5 Å². The van der Waals surface area contributed by atoms with Crippen LogP contribution in [0.15, 0.2) is 35.4 Å². The summed E-state index contributed by atoms with van der Waals surface area (Å²) in [4.78, 5) is 14.7. The molecule has 1 aromatic carbocycles. The fraction of sp³-hybridized carbons (Fsp3) is 0.429. The number of aryl methyl sites for hydroxylation is 1. The smallest absolute Gasteiger partial charge is 0.242 e. The highest BCUT2D eigenvalue weighted by Crippen LogP contribution is 2.30. The molecule has 1 aliphatic rings. The second kappa shape index (κ2) is 10.1. The topological polar surface area (TPSA) is 121 Å². The van der Waals surface area contributed by atoms with Gasteiger partial charge in [-0.1, -0.05) is 30.1 Å². The number of anilines is 1. The summed E-state index contributed by atoms with van der Waals surface area (Å²) in [5.41, 5.74) is 6.28. The van der Waals surface area contributed by atoms with Gasteiger partial charge in [0.05, 0.1) is 15.7 Å². The van der Waals surface area contributed by atoms with Gasteiger partial charge in [-0.2, -0.15) is 9.98 Å². The van der Waals surface area contributed by atoms with Gasteiger partial charge in [-0.15, -0.1) is 0 Å². The van der Waals surface area contributed by atoms with E-state index in [2.05, 4.69) is 17.7 Å². The van der Waals surface area contributed by atoms with Crippen molar-refractivity contribution in [3.05, 3.63) is 46.2 Å². The zero-order valence-electron chi connectivity index (χ0n) is 17.6. The molecule has 3 N–H and O–H groups in total. The van der Waals surface area contributed by atoms with Crippen LogP contribution >= 0.6 is 23.2 Å². The number of nitrogens with one attached hydrogen (secondary N) is 1. The third-order valence-corrected chi connectivity index (χ3v) is 7.90. The lowest BCUT2D eigenvalue weighted by Crippen LogP contribution is -2.51. The van der Waals surface area contributed by atoms with E-state index in [-0.39, 0.29) is 39.5 Å². The van der Waals surface area contributed by atoms with Crippen LogP contribution in [-0.4, -0.2) is 42.9 Å². The van der Waals surface area contributed by atoms with Gasteiger partial charge in [-0.3, -0.25) is 4.79 Å². The second-order valence-electron chi connectivity index (χ2n) is 7.97. The molecule has 1 aliphatic heterocycles. The summed E-state index contributed by atoms with van der Waals surface area (Å²) >= 11 is 12.1. The molecule has 1 saturated heterocycles. The largest absolute Gasteiger partial charge is 0.397 e. The lowest BCUT2D eigenvalue weighted by atomic mass is 9.98. The highest BCUT2D eigenvalue weighted by atomic mass is 35.5. The molecular weight excluding hydrogens is 473 g/mol. The van der Waals surface area contributed by atoms with Crippen molar-refractivity contribution in [2.75, 3.05) is 18.8 Å². The second-order valence-corrected chi connectivity index (χ2v) is 10.5. The van der Waals surface area contributed by atoms with Crippen LogP contribution in [0.5, 0.6) is 0 Å². The molecular formula is C21H25Cl2N5O3S. The number of halogens is 2. The molecule has 0 spiro atoms. The van der Waals surface area contributed by atoms with E-state index in [1.54, 1.807) is 27.8 Å². The van der Waals surface area contributed by atoms with E-state index in [0.29, 0.717) is 24.7 Å². The maximum absolute atomic E-state index is 13.3. The van der Waals surface area contributed by atoms with Gasteiger partial charge in [0.25, 0.3) is 0 Å². The van der Waals surface area contributed by atoms with Gasteiger partial charge in [0.1, 0.15) is 22.7 Å². The minimum atomic E-state index is -4.17. The number of sulfonamides is 1. The number of nitrogens with zero attached hydrogens (tertiary/aromatic N) is 3. The molecule has 2 heterocycles. The predicted molar refractivity (Wildman–Crippen MR) is 124 cm³/mol. The maximum Gasteiger partial charge on any atom is 0.242 e. The van der Waals surface area contributed by atoms with Crippen LogP contribution in [0.25, 0.3) is 0 Å². The fourth-order valence-corrected chi connectivity index (χ4v) is 5.68. The number of carbonyl (C=O) groups is 1. The Labute approximate surface area is 197 Å². The van der Waals surface area contributed by atoms with Crippen molar-refractivity contribution >= 4 is 44.8 Å². The number of carbonyl (C=O) groups excluding carboxylic acids is 1. The van der Waals surface area contributed by atoms with Gasteiger partial charge < -0.3 is 15.2 Å². The normalized spacial score (nSPS) is 16.0. The Balaban J connectivity index is 1.86. The lowest BCUT2D eigenvalue weighted by molar-refractivity contribution is -0.134. The number of hydrogen-bond acceptors (Lipinski definition) is 5. The SMILES string of the molecule is CC1CCN(C(=O)C(CCn2cccc2C#N)NS(=O)(=O)c2cc(Cl)c(N)cc2Cl)CC1. The van der Waals surface area contributed by atoms with Crippen molar-refractivity contribution in [3.8, 4) is 6.07 Å². The van der Waals surface area contributed by atoms with Crippen LogP contribution in [0.2, 0.25) is 10.0 Å². The number of likely N-dealkylation sites (tertiary alicyclic amines) is 1. The molecule has 1 fully saturated rings. The first-order chi connectivity index (χ1) is 15.1. The van der Waals surface area contributed by atoms with Crippen molar-refractivity contribution in [2.24, 2.45) is 5.92 Å². The number of rotatable bonds is 7. The van der Waals surface area contributed by atoms with Crippen molar-refractivity contribution in [1.29, 1.82) is 5.26 Å². The summed E-state index contributed by atoms with van der Waals surface area (Å²) in [7, 11) is -4.17. The third-order valence-electron chi connectivity index (χ3n) is 5.63. The summed E-state index contributed by atoms with van der Waals surface area (Å²) < 4.78 is 30.4. The van der Waals surface area contributed by atoms with Crippen molar-refractivity contribution in [2.45, 2.75) is 43.7 Å². The number of nitrogens with two attached hydrogens (primary N) is 1. The molecule has 0 radical (unpaired) electrons. The highest BCUT2D eigenvalue weighted by Gasteiger charge is 2.32. The average Bonchev–Trinajstić information content (AvgIpc) is 3.21. The van der Waals surface area contributed by atoms with Gasteiger partial charge in [-0.25, -0.2) is 8.42 Å². The molecule has 1 aromatic heterocycles. The molecule has 32 heavy (non-hydrogen) atoms. The van der Waals surface area contributed by atoms with Crippen molar-refractivity contribution in [3.63, 3.8) is 0 Å². The van der Waals surface area contributed by atoms with E-state index in [9.17, 15) is 18.5 Å². The summed E-state index contributed by atoms with van der Waals surface area (Å²) in [6, 6.07) is 6.86. The minimum Gasteiger partial charge on any atom is -0.397 e. The Kier molecular flexibility index (Phi) is 7.72. The molecule has 0 aliphatic carbocycles. The first-order valence-electron chi connectivity index (χ1n) is 10.2. The number of piperidine rings is 1. The lowest BCUT2D eigenvalue weighted by Gasteiger charge is -2.33. The maximum atomic E-state index is 13.3. The number of aromatic nitrogens is 1. The standard InChI is InChI=1S/C21H25Cl2N5O3S/c1-14-4-8-28(9-5-14)21(29)19(6-10-27-7-2-3-15(27)13-24)26-32(30,31)20-12-16(22)18(25)11-17(20)23/h2-3,7,11-12,14,19,26H,4-6,8-10,25H2,1H3. The van der Waals surface area contributed by atoms with E-state index in [0.717, 1.165) is 12.8 Å². The molecule has 0 bridgehead atoms. The average molecular weight is 498 g/mol. The molecule has 8 nitrogen and oxygen atoms in total. The van der Waals surface area contributed by atoms with Crippen LogP contribution in [0.3, 0.4) is 0 Å². The predicted octanol–water partition coefficient (Wildman–Crippen LogP) is 3.24.